The molecule has 2 aromatic rings. The standard InChI is InChI=1S/C26H33ClN2O2/c1-18(2)25(28-24(30)13-10-20-7-5-4-6-19(20)3)26(31)29-16-14-22(15-17-29)21-8-11-23(27)12-9-21/h4-9,11-12,18,22,25H,10,13-17H2,1-3H3,(H,28,30)/t25-/m1/s1. The minimum atomic E-state index is -0.476. The van der Waals surface area contributed by atoms with E-state index in [9.17, 15) is 9.59 Å². The Labute approximate surface area is 191 Å². The maximum Gasteiger partial charge on any atom is 0.245 e. The minimum absolute atomic E-state index is 0.0359. The molecule has 0 spiro atoms. The van der Waals surface area contributed by atoms with Crippen molar-refractivity contribution in [1.29, 1.82) is 0 Å². The summed E-state index contributed by atoms with van der Waals surface area (Å²) >= 11 is 6.00. The summed E-state index contributed by atoms with van der Waals surface area (Å²) in [6.45, 7) is 7.47. The third-order valence-corrected chi connectivity index (χ3v) is 6.53. The van der Waals surface area contributed by atoms with Crippen molar-refractivity contribution < 1.29 is 9.59 Å². The number of rotatable bonds is 7. The van der Waals surface area contributed by atoms with Gasteiger partial charge in [0.15, 0.2) is 0 Å². The van der Waals surface area contributed by atoms with E-state index in [0.717, 1.165) is 17.9 Å². The smallest absolute Gasteiger partial charge is 0.245 e. The van der Waals surface area contributed by atoms with Crippen molar-refractivity contribution in [2.75, 3.05) is 13.1 Å². The van der Waals surface area contributed by atoms with E-state index in [0.29, 0.717) is 31.8 Å². The molecule has 1 saturated heterocycles. The largest absolute Gasteiger partial charge is 0.344 e. The number of halogens is 1. The van der Waals surface area contributed by atoms with Crippen LogP contribution in [-0.4, -0.2) is 35.8 Å². The van der Waals surface area contributed by atoms with Crippen LogP contribution < -0.4 is 5.32 Å². The van der Waals surface area contributed by atoms with Gasteiger partial charge in [-0.2, -0.15) is 0 Å². The number of carbonyl (C=O) groups excluding carboxylic acids is 2. The van der Waals surface area contributed by atoms with Gasteiger partial charge in [0.1, 0.15) is 6.04 Å². The molecule has 0 aromatic heterocycles. The van der Waals surface area contributed by atoms with Crippen LogP contribution >= 0.6 is 11.6 Å². The first-order valence-corrected chi connectivity index (χ1v) is 11.6. The van der Waals surface area contributed by atoms with E-state index in [1.165, 1.54) is 16.7 Å². The number of likely N-dealkylation sites (tertiary alicyclic amines) is 1. The maximum atomic E-state index is 13.2. The van der Waals surface area contributed by atoms with Gasteiger partial charge >= 0.3 is 0 Å². The van der Waals surface area contributed by atoms with E-state index in [2.05, 4.69) is 36.5 Å². The van der Waals surface area contributed by atoms with Crippen LogP contribution in [0.15, 0.2) is 48.5 Å². The lowest BCUT2D eigenvalue weighted by Gasteiger charge is -2.35. The predicted octanol–water partition coefficient (Wildman–Crippen LogP) is 5.13. The number of piperidine rings is 1. The third kappa shape index (κ3) is 6.33. The van der Waals surface area contributed by atoms with Crippen molar-refractivity contribution in [1.82, 2.24) is 10.2 Å². The van der Waals surface area contributed by atoms with Crippen molar-refractivity contribution >= 4 is 23.4 Å². The Balaban J connectivity index is 1.53. The van der Waals surface area contributed by atoms with Gasteiger partial charge in [-0.25, -0.2) is 0 Å². The zero-order chi connectivity index (χ0) is 22.4. The van der Waals surface area contributed by atoms with Gasteiger partial charge in [0.2, 0.25) is 11.8 Å². The van der Waals surface area contributed by atoms with Crippen molar-refractivity contribution in [3.05, 3.63) is 70.2 Å². The van der Waals surface area contributed by atoms with E-state index in [1.54, 1.807) is 0 Å². The highest BCUT2D eigenvalue weighted by molar-refractivity contribution is 6.30. The summed E-state index contributed by atoms with van der Waals surface area (Å²) in [6, 6.07) is 15.6. The monoisotopic (exact) mass is 440 g/mol. The SMILES string of the molecule is Cc1ccccc1CCC(=O)N[C@@H](C(=O)N1CCC(c2ccc(Cl)cc2)CC1)C(C)C. The Morgan fingerprint density at radius 3 is 2.32 bits per heavy atom. The zero-order valence-corrected chi connectivity index (χ0v) is 19.5. The Morgan fingerprint density at radius 1 is 1.06 bits per heavy atom. The number of carbonyl (C=O) groups is 2. The predicted molar refractivity (Wildman–Crippen MR) is 126 cm³/mol. The van der Waals surface area contributed by atoms with Crippen LogP contribution in [0.2, 0.25) is 5.02 Å². The summed E-state index contributed by atoms with van der Waals surface area (Å²) in [7, 11) is 0. The molecule has 31 heavy (non-hydrogen) atoms. The van der Waals surface area contributed by atoms with Crippen LogP contribution in [-0.2, 0) is 16.0 Å². The second kappa shape index (κ2) is 10.8. The fourth-order valence-corrected chi connectivity index (χ4v) is 4.39. The highest BCUT2D eigenvalue weighted by Crippen LogP contribution is 2.29. The molecule has 4 nitrogen and oxygen atoms in total. The number of hydrogen-bond donors (Lipinski definition) is 1. The highest BCUT2D eigenvalue weighted by Gasteiger charge is 2.31. The number of nitrogens with one attached hydrogen (secondary N) is 1. The van der Waals surface area contributed by atoms with Gasteiger partial charge in [-0.3, -0.25) is 9.59 Å². The molecule has 1 fully saturated rings. The Hall–Kier alpha value is -2.33. The summed E-state index contributed by atoms with van der Waals surface area (Å²) in [4.78, 5) is 27.7. The van der Waals surface area contributed by atoms with E-state index in [4.69, 9.17) is 11.6 Å². The first kappa shape index (κ1) is 23.3. The summed E-state index contributed by atoms with van der Waals surface area (Å²) in [5.74, 6) is 0.464. The fourth-order valence-electron chi connectivity index (χ4n) is 4.26. The summed E-state index contributed by atoms with van der Waals surface area (Å²) in [6.07, 6.45) is 2.93. The Morgan fingerprint density at radius 2 is 1.71 bits per heavy atom. The van der Waals surface area contributed by atoms with Crippen LogP contribution in [0.1, 0.15) is 55.7 Å². The number of amides is 2. The normalized spacial score (nSPS) is 15.7. The van der Waals surface area contributed by atoms with Crippen molar-refractivity contribution in [2.45, 2.75) is 58.4 Å². The molecule has 2 aromatic carbocycles. The fraction of sp³-hybridized carbons (Fsp3) is 0.462. The quantitative estimate of drug-likeness (QED) is 0.648. The number of aryl methyl sites for hydroxylation is 2. The average molecular weight is 441 g/mol. The number of hydrogen-bond acceptors (Lipinski definition) is 2. The van der Waals surface area contributed by atoms with Gasteiger partial charge in [-0.1, -0.05) is 61.8 Å². The molecule has 0 unspecified atom stereocenters. The maximum absolute atomic E-state index is 13.2. The van der Waals surface area contributed by atoms with E-state index in [-0.39, 0.29) is 17.7 Å². The lowest BCUT2D eigenvalue weighted by molar-refractivity contribution is -0.138. The molecule has 1 aliphatic rings. The molecule has 3 rings (SSSR count). The molecule has 2 amide bonds. The average Bonchev–Trinajstić information content (AvgIpc) is 2.77. The molecule has 5 heteroatoms. The van der Waals surface area contributed by atoms with Gasteiger partial charge in [0.25, 0.3) is 0 Å². The van der Waals surface area contributed by atoms with Crippen LogP contribution in [0.5, 0.6) is 0 Å². The van der Waals surface area contributed by atoms with Gasteiger partial charge in [-0.05, 0) is 66.8 Å². The molecular formula is C26H33ClN2O2. The molecule has 166 valence electrons. The van der Waals surface area contributed by atoms with Crippen molar-refractivity contribution in [3.63, 3.8) is 0 Å². The van der Waals surface area contributed by atoms with Gasteiger partial charge in [-0.15, -0.1) is 0 Å². The Bertz CT molecular complexity index is 887. The molecule has 0 bridgehead atoms. The second-order valence-electron chi connectivity index (χ2n) is 8.87. The van der Waals surface area contributed by atoms with Gasteiger partial charge in [0.05, 0.1) is 0 Å². The van der Waals surface area contributed by atoms with Gasteiger partial charge in [0, 0.05) is 24.5 Å². The van der Waals surface area contributed by atoms with E-state index < -0.39 is 6.04 Å². The van der Waals surface area contributed by atoms with Crippen molar-refractivity contribution in [2.24, 2.45) is 5.92 Å². The van der Waals surface area contributed by atoms with E-state index in [1.807, 2.05) is 43.0 Å². The molecule has 1 N–H and O–H groups in total. The first-order chi connectivity index (χ1) is 14.8. The Kier molecular flexibility index (Phi) is 8.14. The molecule has 1 atom stereocenters. The minimum Gasteiger partial charge on any atom is -0.344 e. The molecule has 1 heterocycles. The molecule has 0 saturated carbocycles. The second-order valence-corrected chi connectivity index (χ2v) is 9.30. The van der Waals surface area contributed by atoms with Crippen LogP contribution in [0.25, 0.3) is 0 Å². The van der Waals surface area contributed by atoms with E-state index >= 15 is 0 Å². The molecule has 1 aliphatic heterocycles. The summed E-state index contributed by atoms with van der Waals surface area (Å²) in [5, 5.41) is 3.75. The zero-order valence-electron chi connectivity index (χ0n) is 18.7. The molecular weight excluding hydrogens is 408 g/mol. The molecule has 0 radical (unpaired) electrons. The van der Waals surface area contributed by atoms with Crippen LogP contribution in [0.3, 0.4) is 0 Å². The summed E-state index contributed by atoms with van der Waals surface area (Å²) in [5.41, 5.74) is 3.64. The molecule has 0 aliphatic carbocycles. The lowest BCUT2D eigenvalue weighted by Crippen LogP contribution is -2.52. The van der Waals surface area contributed by atoms with Crippen LogP contribution in [0, 0.1) is 12.8 Å². The van der Waals surface area contributed by atoms with Gasteiger partial charge < -0.3 is 10.2 Å². The third-order valence-electron chi connectivity index (χ3n) is 6.28. The number of benzene rings is 2. The van der Waals surface area contributed by atoms with Crippen molar-refractivity contribution in [3.8, 4) is 0 Å². The van der Waals surface area contributed by atoms with Crippen LogP contribution in [0.4, 0.5) is 0 Å². The summed E-state index contributed by atoms with van der Waals surface area (Å²) < 4.78 is 0. The highest BCUT2D eigenvalue weighted by atomic mass is 35.5. The topological polar surface area (TPSA) is 49.4 Å². The number of nitrogens with zero attached hydrogens (tertiary/aromatic N) is 1. The first-order valence-electron chi connectivity index (χ1n) is 11.2. The lowest BCUT2D eigenvalue weighted by atomic mass is 9.89.